The monoisotopic (exact) mass is 203 g/mol. The van der Waals surface area contributed by atoms with E-state index >= 15 is 0 Å². The molecular formula is C10H21NOS. The number of nitrogens with one attached hydrogen (secondary N) is 1. The molecular weight excluding hydrogens is 182 g/mol. The Morgan fingerprint density at radius 1 is 1.46 bits per heavy atom. The van der Waals surface area contributed by atoms with Crippen molar-refractivity contribution in [1.29, 1.82) is 0 Å². The summed E-state index contributed by atoms with van der Waals surface area (Å²) in [6.07, 6.45) is 3.12. The van der Waals surface area contributed by atoms with E-state index in [1.165, 1.54) is 30.9 Å². The first-order valence-electron chi connectivity index (χ1n) is 5.14. The van der Waals surface area contributed by atoms with Crippen molar-refractivity contribution in [2.75, 3.05) is 31.7 Å². The zero-order chi connectivity index (χ0) is 9.52. The van der Waals surface area contributed by atoms with Crippen molar-refractivity contribution in [1.82, 2.24) is 5.32 Å². The third-order valence-corrected chi connectivity index (χ3v) is 3.66. The van der Waals surface area contributed by atoms with Gasteiger partial charge >= 0.3 is 0 Å². The van der Waals surface area contributed by atoms with Crippen molar-refractivity contribution in [2.45, 2.75) is 25.9 Å². The van der Waals surface area contributed by atoms with Crippen LogP contribution in [0.25, 0.3) is 0 Å². The fourth-order valence-corrected chi connectivity index (χ4v) is 2.73. The van der Waals surface area contributed by atoms with Crippen LogP contribution in [0.4, 0.5) is 0 Å². The highest BCUT2D eigenvalue weighted by atomic mass is 32.2. The molecule has 2 nitrogen and oxygen atoms in total. The van der Waals surface area contributed by atoms with Crippen LogP contribution in [-0.2, 0) is 4.74 Å². The summed E-state index contributed by atoms with van der Waals surface area (Å²) in [5.41, 5.74) is 0. The van der Waals surface area contributed by atoms with E-state index in [-0.39, 0.29) is 0 Å². The normalized spacial score (nSPS) is 21.7. The largest absolute Gasteiger partial charge is 0.380 e. The second-order valence-electron chi connectivity index (χ2n) is 3.76. The van der Waals surface area contributed by atoms with Crippen LogP contribution in [0.3, 0.4) is 0 Å². The SMILES string of the molecule is COC(C)CNCC1CCSCC1. The van der Waals surface area contributed by atoms with Gasteiger partial charge in [0, 0.05) is 13.7 Å². The number of hydrogen-bond donors (Lipinski definition) is 1. The average Bonchev–Trinajstić information content (AvgIpc) is 2.19. The topological polar surface area (TPSA) is 21.3 Å². The molecule has 0 aromatic heterocycles. The first-order chi connectivity index (χ1) is 6.33. The molecule has 78 valence electrons. The molecule has 0 saturated carbocycles. The first kappa shape index (κ1) is 11.3. The van der Waals surface area contributed by atoms with Crippen LogP contribution in [0.2, 0.25) is 0 Å². The number of rotatable bonds is 5. The molecule has 1 atom stereocenters. The molecule has 1 aliphatic heterocycles. The molecule has 1 rings (SSSR count). The fraction of sp³-hybridized carbons (Fsp3) is 1.00. The predicted octanol–water partition coefficient (Wildman–Crippen LogP) is 1.75. The lowest BCUT2D eigenvalue weighted by Gasteiger charge is -2.22. The minimum Gasteiger partial charge on any atom is -0.380 e. The summed E-state index contributed by atoms with van der Waals surface area (Å²) < 4.78 is 5.17. The summed E-state index contributed by atoms with van der Waals surface area (Å²) in [6.45, 7) is 4.26. The molecule has 1 N–H and O–H groups in total. The first-order valence-corrected chi connectivity index (χ1v) is 6.29. The van der Waals surface area contributed by atoms with E-state index in [1.807, 2.05) is 0 Å². The maximum atomic E-state index is 5.17. The molecule has 1 aliphatic rings. The molecule has 1 unspecified atom stereocenters. The molecule has 0 radical (unpaired) electrons. The zero-order valence-electron chi connectivity index (χ0n) is 8.71. The van der Waals surface area contributed by atoms with Crippen LogP contribution in [-0.4, -0.2) is 37.8 Å². The van der Waals surface area contributed by atoms with E-state index in [0.29, 0.717) is 6.10 Å². The molecule has 3 heteroatoms. The van der Waals surface area contributed by atoms with E-state index in [0.717, 1.165) is 12.5 Å². The van der Waals surface area contributed by atoms with Crippen LogP contribution in [0.5, 0.6) is 0 Å². The number of hydrogen-bond acceptors (Lipinski definition) is 3. The molecule has 0 bridgehead atoms. The van der Waals surface area contributed by atoms with E-state index in [4.69, 9.17) is 4.74 Å². The number of thioether (sulfide) groups is 1. The maximum absolute atomic E-state index is 5.17. The van der Waals surface area contributed by atoms with Gasteiger partial charge in [-0.1, -0.05) is 0 Å². The van der Waals surface area contributed by atoms with E-state index < -0.39 is 0 Å². The van der Waals surface area contributed by atoms with Gasteiger partial charge < -0.3 is 10.1 Å². The predicted molar refractivity (Wildman–Crippen MR) is 59.4 cm³/mol. The molecule has 0 amide bonds. The lowest BCUT2D eigenvalue weighted by Crippen LogP contribution is -2.31. The molecule has 13 heavy (non-hydrogen) atoms. The highest BCUT2D eigenvalue weighted by Crippen LogP contribution is 2.21. The lowest BCUT2D eigenvalue weighted by atomic mass is 10.0. The zero-order valence-corrected chi connectivity index (χ0v) is 9.53. The van der Waals surface area contributed by atoms with Crippen molar-refractivity contribution >= 4 is 11.8 Å². The maximum Gasteiger partial charge on any atom is 0.0667 e. The summed E-state index contributed by atoms with van der Waals surface area (Å²) in [7, 11) is 1.77. The van der Waals surface area contributed by atoms with Crippen molar-refractivity contribution in [3.05, 3.63) is 0 Å². The van der Waals surface area contributed by atoms with Gasteiger partial charge in [0.15, 0.2) is 0 Å². The summed E-state index contributed by atoms with van der Waals surface area (Å²) in [5.74, 6) is 3.61. The minimum absolute atomic E-state index is 0.345. The molecule has 0 aliphatic carbocycles. The van der Waals surface area contributed by atoms with Crippen LogP contribution < -0.4 is 5.32 Å². The van der Waals surface area contributed by atoms with Crippen LogP contribution in [0.15, 0.2) is 0 Å². The Hall–Kier alpha value is 0.270. The van der Waals surface area contributed by atoms with Gasteiger partial charge in [0.1, 0.15) is 0 Å². The van der Waals surface area contributed by atoms with E-state index in [9.17, 15) is 0 Å². The van der Waals surface area contributed by atoms with Gasteiger partial charge in [-0.3, -0.25) is 0 Å². The van der Waals surface area contributed by atoms with Gasteiger partial charge in [-0.05, 0) is 43.7 Å². The van der Waals surface area contributed by atoms with Crippen molar-refractivity contribution in [2.24, 2.45) is 5.92 Å². The van der Waals surface area contributed by atoms with Gasteiger partial charge in [-0.15, -0.1) is 0 Å². The van der Waals surface area contributed by atoms with Gasteiger partial charge in [-0.2, -0.15) is 11.8 Å². The summed E-state index contributed by atoms with van der Waals surface area (Å²) in [6, 6.07) is 0. The summed E-state index contributed by atoms with van der Waals surface area (Å²) in [5, 5.41) is 3.47. The third-order valence-electron chi connectivity index (χ3n) is 2.61. The van der Waals surface area contributed by atoms with Crippen molar-refractivity contribution < 1.29 is 4.74 Å². The highest BCUT2D eigenvalue weighted by Gasteiger charge is 2.13. The van der Waals surface area contributed by atoms with Gasteiger partial charge in [-0.25, -0.2) is 0 Å². The smallest absolute Gasteiger partial charge is 0.0667 e. The Labute approximate surface area is 85.8 Å². The van der Waals surface area contributed by atoms with Crippen LogP contribution in [0.1, 0.15) is 19.8 Å². The van der Waals surface area contributed by atoms with Crippen molar-refractivity contribution in [3.8, 4) is 0 Å². The minimum atomic E-state index is 0.345. The Morgan fingerprint density at radius 3 is 2.77 bits per heavy atom. The second kappa shape index (κ2) is 6.68. The second-order valence-corrected chi connectivity index (χ2v) is 4.99. The molecule has 1 saturated heterocycles. The summed E-state index contributed by atoms with van der Waals surface area (Å²) in [4.78, 5) is 0. The highest BCUT2D eigenvalue weighted by molar-refractivity contribution is 7.99. The van der Waals surface area contributed by atoms with Gasteiger partial charge in [0.2, 0.25) is 0 Å². The Balaban J connectivity index is 1.98. The third kappa shape index (κ3) is 4.89. The fourth-order valence-electron chi connectivity index (χ4n) is 1.52. The molecule has 0 aromatic carbocycles. The van der Waals surface area contributed by atoms with Gasteiger partial charge in [0.05, 0.1) is 6.10 Å². The Kier molecular flexibility index (Phi) is 5.83. The molecule has 1 heterocycles. The Morgan fingerprint density at radius 2 is 2.15 bits per heavy atom. The van der Waals surface area contributed by atoms with Crippen molar-refractivity contribution in [3.63, 3.8) is 0 Å². The standard InChI is InChI=1S/C10H21NOS/c1-9(12-2)7-11-8-10-3-5-13-6-4-10/h9-11H,3-8H2,1-2H3. The molecule has 0 spiro atoms. The number of ether oxygens (including phenoxy) is 1. The van der Waals surface area contributed by atoms with Crippen LogP contribution in [0, 0.1) is 5.92 Å². The quantitative estimate of drug-likeness (QED) is 0.735. The Bertz CT molecular complexity index is 126. The summed E-state index contributed by atoms with van der Waals surface area (Å²) >= 11 is 2.09. The molecule has 1 fully saturated rings. The van der Waals surface area contributed by atoms with Crippen LogP contribution >= 0.6 is 11.8 Å². The average molecular weight is 203 g/mol. The van der Waals surface area contributed by atoms with E-state index in [2.05, 4.69) is 24.0 Å². The van der Waals surface area contributed by atoms with E-state index in [1.54, 1.807) is 7.11 Å². The lowest BCUT2D eigenvalue weighted by molar-refractivity contribution is 0.116. The van der Waals surface area contributed by atoms with Gasteiger partial charge in [0.25, 0.3) is 0 Å². The number of methoxy groups -OCH3 is 1. The molecule has 0 aromatic rings.